The molecule has 0 spiro atoms. The van der Waals surface area contributed by atoms with Crippen LogP contribution in [0.2, 0.25) is 0 Å². The third-order valence-electron chi connectivity index (χ3n) is 3.24. The zero-order valence-electron chi connectivity index (χ0n) is 12.0. The first-order valence-corrected chi connectivity index (χ1v) is 8.09. The summed E-state index contributed by atoms with van der Waals surface area (Å²) in [6.45, 7) is -0.693. The molecule has 0 saturated carbocycles. The minimum absolute atomic E-state index is 0.0116. The van der Waals surface area contributed by atoms with E-state index in [-0.39, 0.29) is 12.0 Å². The smallest absolute Gasteiger partial charge is 0.330 e. The molecule has 12 heteroatoms. The lowest BCUT2D eigenvalue weighted by atomic mass is 10.2. The molecule has 1 aliphatic heterocycles. The number of nitriles is 1. The van der Waals surface area contributed by atoms with Gasteiger partial charge in [0.25, 0.3) is 5.56 Å². The second-order valence-corrected chi connectivity index (χ2v) is 6.04. The Labute approximate surface area is 134 Å². The lowest BCUT2D eigenvalue weighted by molar-refractivity contribution is -0.343. The molecule has 0 aliphatic carbocycles. The Hall–Kier alpha value is -2.06. The second kappa shape index (κ2) is 7.23. The van der Waals surface area contributed by atoms with Crippen LogP contribution in [0.3, 0.4) is 0 Å². The Morgan fingerprint density at radius 2 is 2.29 bits per heavy atom. The van der Waals surface area contributed by atoms with E-state index in [0.717, 1.165) is 16.8 Å². The highest BCUT2D eigenvalue weighted by atomic mass is 31.2. The second-order valence-electron chi connectivity index (χ2n) is 4.89. The zero-order valence-corrected chi connectivity index (χ0v) is 12.9. The van der Waals surface area contributed by atoms with E-state index in [1.54, 1.807) is 6.07 Å². The maximum Gasteiger partial charge on any atom is 0.330 e. The molecule has 130 valence electrons. The molecule has 11 nitrogen and oxygen atoms in total. The van der Waals surface area contributed by atoms with E-state index < -0.39 is 44.1 Å². The van der Waals surface area contributed by atoms with Gasteiger partial charge in [-0.1, -0.05) is 0 Å². The summed E-state index contributed by atoms with van der Waals surface area (Å²) >= 11 is 0. The predicted octanol–water partition coefficient (Wildman–Crippen LogP) is -2.43. The van der Waals surface area contributed by atoms with Crippen LogP contribution >= 0.6 is 7.82 Å². The van der Waals surface area contributed by atoms with Crippen molar-refractivity contribution in [2.75, 3.05) is 6.61 Å². The van der Waals surface area contributed by atoms with Crippen molar-refractivity contribution in [1.82, 2.24) is 9.55 Å². The molecule has 24 heavy (non-hydrogen) atoms. The molecule has 0 unspecified atom stereocenters. The van der Waals surface area contributed by atoms with Gasteiger partial charge in [-0.15, -0.1) is 0 Å². The highest BCUT2D eigenvalue weighted by Crippen LogP contribution is 2.31. The van der Waals surface area contributed by atoms with Crippen LogP contribution in [-0.2, 0) is 13.8 Å². The summed E-state index contributed by atoms with van der Waals surface area (Å²) in [5.74, 6) is 0. The average molecular weight is 357 g/mol. The number of hydrogen-bond donors (Lipinski definition) is 2. The van der Waals surface area contributed by atoms with E-state index in [1.807, 2.05) is 4.98 Å². The number of aliphatic hydroxyl groups is 1. The summed E-state index contributed by atoms with van der Waals surface area (Å²) in [5.41, 5.74) is -1.51. The molecule has 3 atom stereocenters. The van der Waals surface area contributed by atoms with E-state index in [1.165, 1.54) is 6.08 Å². The van der Waals surface area contributed by atoms with Crippen molar-refractivity contribution >= 4 is 13.9 Å². The van der Waals surface area contributed by atoms with Crippen molar-refractivity contribution in [3.8, 4) is 6.07 Å². The predicted molar refractivity (Wildman–Crippen MR) is 74.1 cm³/mol. The Morgan fingerprint density at radius 3 is 2.92 bits per heavy atom. The van der Waals surface area contributed by atoms with E-state index in [4.69, 9.17) is 10.00 Å². The molecule has 2 N–H and O–H groups in total. The number of hydrogen-bond acceptors (Lipinski definition) is 9. The lowest BCUT2D eigenvalue weighted by Crippen LogP contribution is -2.33. The van der Waals surface area contributed by atoms with Crippen molar-refractivity contribution in [3.63, 3.8) is 0 Å². The molecule has 2 heterocycles. The largest absolute Gasteiger partial charge is 0.790 e. The standard InChI is InChI=1S/C12H14N3O8P/c13-3-1-2-7-5-15(12(18)14-11(7)17)10-4-8(16)9(23-10)6-22-24(19,20)21/h1-2,5,8-10,16H,4,6H2,(H,14,17,18)(H2,19,20,21)/p-2/b2-1+/t8-,9+,10+/m0/s1. The maximum atomic E-state index is 11.9. The van der Waals surface area contributed by atoms with Gasteiger partial charge >= 0.3 is 5.69 Å². The maximum absolute atomic E-state index is 11.9. The summed E-state index contributed by atoms with van der Waals surface area (Å²) in [6.07, 6.45) is -0.0521. The van der Waals surface area contributed by atoms with E-state index in [0.29, 0.717) is 0 Å². The lowest BCUT2D eigenvalue weighted by Gasteiger charge is -2.30. The first kappa shape index (κ1) is 18.3. The Bertz CT molecular complexity index is 832. The minimum atomic E-state index is -5.22. The molecule has 0 amide bonds. The average Bonchev–Trinajstić information content (AvgIpc) is 2.84. The summed E-state index contributed by atoms with van der Waals surface area (Å²) < 4.78 is 20.8. The van der Waals surface area contributed by atoms with Crippen LogP contribution in [0.15, 0.2) is 21.9 Å². The fraction of sp³-hybridized carbons (Fsp3) is 0.417. The molecule has 1 aromatic rings. The minimum Gasteiger partial charge on any atom is -0.790 e. The van der Waals surface area contributed by atoms with Crippen molar-refractivity contribution in [1.29, 1.82) is 5.26 Å². The quantitative estimate of drug-likeness (QED) is 0.427. The highest BCUT2D eigenvalue weighted by Gasteiger charge is 2.35. The third-order valence-corrected chi connectivity index (χ3v) is 3.71. The van der Waals surface area contributed by atoms with Crippen LogP contribution in [0, 0.1) is 11.3 Å². The number of allylic oxidation sites excluding steroid dienone is 1. The van der Waals surface area contributed by atoms with Gasteiger partial charge in [0.2, 0.25) is 0 Å². The SMILES string of the molecule is N#C/C=C/c1cn([C@H]2C[C@H](O)[C@@H](COP(=O)([O-])[O-])O2)c(=O)[nH]c1=O. The molecule has 1 aromatic heterocycles. The summed E-state index contributed by atoms with van der Waals surface area (Å²) in [6, 6.07) is 1.70. The molecule has 0 radical (unpaired) electrons. The summed E-state index contributed by atoms with van der Waals surface area (Å²) in [7, 11) is -5.22. The van der Waals surface area contributed by atoms with Crippen molar-refractivity contribution in [2.45, 2.75) is 24.9 Å². The number of ether oxygens (including phenoxy) is 1. The number of nitrogens with one attached hydrogen (secondary N) is 1. The molecule has 0 bridgehead atoms. The van der Waals surface area contributed by atoms with Crippen LogP contribution < -0.4 is 21.0 Å². The molecule has 1 fully saturated rings. The zero-order chi connectivity index (χ0) is 17.9. The molecular formula is C12H12N3O8P-2. The van der Waals surface area contributed by atoms with Crippen LogP contribution in [-0.4, -0.2) is 33.5 Å². The Balaban J connectivity index is 2.22. The van der Waals surface area contributed by atoms with E-state index in [2.05, 4.69) is 4.52 Å². The van der Waals surface area contributed by atoms with Crippen molar-refractivity contribution in [3.05, 3.63) is 38.7 Å². The first-order chi connectivity index (χ1) is 11.2. The number of phosphoric ester groups is 1. The molecular weight excluding hydrogens is 345 g/mol. The number of aliphatic hydroxyl groups excluding tert-OH is 1. The number of H-pyrrole nitrogens is 1. The number of rotatable bonds is 5. The number of aromatic amines is 1. The number of aromatic nitrogens is 2. The third kappa shape index (κ3) is 4.48. The molecule has 1 saturated heterocycles. The number of nitrogens with zero attached hydrogens (tertiary/aromatic N) is 2. The van der Waals surface area contributed by atoms with Gasteiger partial charge in [0.1, 0.15) is 12.3 Å². The van der Waals surface area contributed by atoms with Crippen LogP contribution in [0.1, 0.15) is 18.2 Å². The summed E-state index contributed by atoms with van der Waals surface area (Å²) in [4.78, 5) is 46.4. The van der Waals surface area contributed by atoms with Gasteiger partial charge < -0.3 is 28.7 Å². The summed E-state index contributed by atoms with van der Waals surface area (Å²) in [5, 5.41) is 18.3. The van der Waals surface area contributed by atoms with Crippen LogP contribution in [0.25, 0.3) is 6.08 Å². The fourth-order valence-electron chi connectivity index (χ4n) is 2.16. The van der Waals surface area contributed by atoms with Gasteiger partial charge in [0.05, 0.1) is 32.2 Å². The Morgan fingerprint density at radius 1 is 1.58 bits per heavy atom. The van der Waals surface area contributed by atoms with Gasteiger partial charge in [-0.3, -0.25) is 14.3 Å². The van der Waals surface area contributed by atoms with Gasteiger partial charge in [-0.25, -0.2) is 4.79 Å². The number of phosphoric acid groups is 1. The molecule has 0 aromatic carbocycles. The van der Waals surface area contributed by atoms with Crippen molar-refractivity contribution in [2.24, 2.45) is 0 Å². The molecule has 2 rings (SSSR count). The van der Waals surface area contributed by atoms with E-state index in [9.17, 15) is 29.0 Å². The topological polar surface area (TPSA) is 181 Å². The van der Waals surface area contributed by atoms with Crippen molar-refractivity contribution < 1.29 is 28.7 Å². The van der Waals surface area contributed by atoms with Gasteiger partial charge in [-0.2, -0.15) is 5.26 Å². The van der Waals surface area contributed by atoms with Crippen LogP contribution in [0.5, 0.6) is 0 Å². The van der Waals surface area contributed by atoms with E-state index >= 15 is 0 Å². The van der Waals surface area contributed by atoms with Gasteiger partial charge in [-0.05, 0) is 6.08 Å². The highest BCUT2D eigenvalue weighted by molar-refractivity contribution is 7.43. The normalized spacial score (nSPS) is 24.3. The fourth-order valence-corrected chi connectivity index (χ4v) is 2.49. The van der Waals surface area contributed by atoms with Gasteiger partial charge in [0, 0.05) is 18.7 Å². The molecule has 1 aliphatic rings. The van der Waals surface area contributed by atoms with Gasteiger partial charge in [0.15, 0.2) is 0 Å². The Kier molecular flexibility index (Phi) is 5.51. The first-order valence-electron chi connectivity index (χ1n) is 6.63. The monoisotopic (exact) mass is 357 g/mol. The van der Waals surface area contributed by atoms with Crippen LogP contribution in [0.4, 0.5) is 0 Å².